The summed E-state index contributed by atoms with van der Waals surface area (Å²) in [6.07, 6.45) is 1.47. The Morgan fingerprint density at radius 2 is 1.88 bits per heavy atom. The molecule has 0 fully saturated rings. The lowest BCUT2D eigenvalue weighted by atomic mass is 10.3. The Hall–Kier alpha value is -2.23. The molecule has 2 rings (SSSR count). The Labute approximate surface area is 91.5 Å². The van der Waals surface area contributed by atoms with Gasteiger partial charge in [-0.15, -0.1) is 0 Å². The fourth-order valence-corrected chi connectivity index (χ4v) is 1.16. The molecule has 0 radical (unpaired) electrons. The van der Waals surface area contributed by atoms with E-state index in [2.05, 4.69) is 4.98 Å². The first-order valence-electron chi connectivity index (χ1n) is 4.65. The van der Waals surface area contributed by atoms with Gasteiger partial charge in [-0.25, -0.2) is 14.2 Å². The molecular formula is C12H8FNO2. The van der Waals surface area contributed by atoms with Crippen molar-refractivity contribution in [2.24, 2.45) is 0 Å². The molecule has 0 saturated carbocycles. The van der Waals surface area contributed by atoms with E-state index in [0.717, 1.165) is 0 Å². The van der Waals surface area contributed by atoms with Crippen molar-refractivity contribution in [2.75, 3.05) is 0 Å². The maximum absolute atomic E-state index is 13.2. The van der Waals surface area contributed by atoms with E-state index in [-0.39, 0.29) is 11.4 Å². The van der Waals surface area contributed by atoms with Crippen LogP contribution in [0.5, 0.6) is 5.75 Å². The van der Waals surface area contributed by atoms with Gasteiger partial charge in [0.2, 0.25) is 0 Å². The second-order valence-corrected chi connectivity index (χ2v) is 3.03. The number of esters is 1. The van der Waals surface area contributed by atoms with Crippen LogP contribution in [-0.4, -0.2) is 11.0 Å². The number of pyridine rings is 1. The summed E-state index contributed by atoms with van der Waals surface area (Å²) in [5, 5.41) is 0. The molecule has 0 aliphatic heterocycles. The number of carbonyl (C=O) groups is 1. The summed E-state index contributed by atoms with van der Waals surface area (Å²) in [4.78, 5) is 15.3. The molecule has 0 saturated heterocycles. The molecule has 0 unspecified atom stereocenters. The molecule has 0 atom stereocenters. The third kappa shape index (κ3) is 2.23. The SMILES string of the molecule is O=C(Oc1ccccc1F)c1ccccn1. The van der Waals surface area contributed by atoms with Crippen molar-refractivity contribution in [2.45, 2.75) is 0 Å². The number of hydrogen-bond acceptors (Lipinski definition) is 3. The molecular weight excluding hydrogens is 209 g/mol. The Kier molecular flexibility index (Phi) is 2.91. The molecule has 3 nitrogen and oxygen atoms in total. The summed E-state index contributed by atoms with van der Waals surface area (Å²) in [7, 11) is 0. The second kappa shape index (κ2) is 4.53. The summed E-state index contributed by atoms with van der Waals surface area (Å²) in [6, 6.07) is 10.6. The van der Waals surface area contributed by atoms with Crippen LogP contribution in [0.4, 0.5) is 4.39 Å². The van der Waals surface area contributed by atoms with Crippen LogP contribution in [0, 0.1) is 5.82 Å². The first kappa shape index (κ1) is 10.3. The van der Waals surface area contributed by atoms with Crippen molar-refractivity contribution in [3.05, 3.63) is 60.2 Å². The Morgan fingerprint density at radius 1 is 1.12 bits per heavy atom. The monoisotopic (exact) mass is 217 g/mol. The minimum absolute atomic E-state index is 0.0989. The van der Waals surface area contributed by atoms with Crippen molar-refractivity contribution in [3.8, 4) is 5.75 Å². The number of benzene rings is 1. The Morgan fingerprint density at radius 3 is 2.56 bits per heavy atom. The van der Waals surface area contributed by atoms with E-state index in [0.29, 0.717) is 0 Å². The normalized spacial score (nSPS) is 9.81. The number of hydrogen-bond donors (Lipinski definition) is 0. The lowest BCUT2D eigenvalue weighted by Crippen LogP contribution is -2.10. The van der Waals surface area contributed by atoms with Crippen LogP contribution in [0.2, 0.25) is 0 Å². The maximum Gasteiger partial charge on any atom is 0.362 e. The molecule has 0 aliphatic carbocycles. The molecule has 0 spiro atoms. The van der Waals surface area contributed by atoms with Gasteiger partial charge in [0.1, 0.15) is 5.69 Å². The van der Waals surface area contributed by atoms with E-state index in [9.17, 15) is 9.18 Å². The third-order valence-electron chi connectivity index (χ3n) is 1.91. The number of ether oxygens (including phenoxy) is 1. The lowest BCUT2D eigenvalue weighted by Gasteiger charge is -2.03. The zero-order chi connectivity index (χ0) is 11.4. The van der Waals surface area contributed by atoms with Crippen LogP contribution in [-0.2, 0) is 0 Å². The van der Waals surface area contributed by atoms with E-state index >= 15 is 0 Å². The van der Waals surface area contributed by atoms with Crippen molar-refractivity contribution in [1.29, 1.82) is 0 Å². The summed E-state index contributed by atoms with van der Waals surface area (Å²) < 4.78 is 18.0. The standard InChI is InChI=1S/C12H8FNO2/c13-9-5-1-2-7-11(9)16-12(15)10-6-3-4-8-14-10/h1-8H. The Bertz CT molecular complexity index is 499. The second-order valence-electron chi connectivity index (χ2n) is 3.03. The van der Waals surface area contributed by atoms with Crippen LogP contribution >= 0.6 is 0 Å². The Balaban J connectivity index is 2.18. The summed E-state index contributed by atoms with van der Waals surface area (Å²) in [5.41, 5.74) is 0.144. The number of rotatable bonds is 2. The smallest absolute Gasteiger partial charge is 0.362 e. The van der Waals surface area contributed by atoms with Crippen LogP contribution in [0.25, 0.3) is 0 Å². The molecule has 16 heavy (non-hydrogen) atoms. The summed E-state index contributed by atoms with van der Waals surface area (Å²) in [6.45, 7) is 0. The highest BCUT2D eigenvalue weighted by Gasteiger charge is 2.11. The van der Waals surface area contributed by atoms with Gasteiger partial charge in [-0.2, -0.15) is 0 Å². The minimum atomic E-state index is -0.675. The quantitative estimate of drug-likeness (QED) is 0.573. The van der Waals surface area contributed by atoms with Gasteiger partial charge in [-0.3, -0.25) is 0 Å². The van der Waals surface area contributed by atoms with Gasteiger partial charge in [0, 0.05) is 6.20 Å². The van der Waals surface area contributed by atoms with Gasteiger partial charge in [0.25, 0.3) is 0 Å². The van der Waals surface area contributed by atoms with Crippen LogP contribution < -0.4 is 4.74 Å². The molecule has 0 amide bonds. The van der Waals surface area contributed by atoms with Gasteiger partial charge < -0.3 is 4.74 Å². The van der Waals surface area contributed by atoms with Crippen molar-refractivity contribution in [3.63, 3.8) is 0 Å². The van der Waals surface area contributed by atoms with Crippen LogP contribution in [0.1, 0.15) is 10.5 Å². The van der Waals surface area contributed by atoms with Crippen LogP contribution in [0.15, 0.2) is 48.7 Å². The molecule has 1 aromatic heterocycles. The average Bonchev–Trinajstić information content (AvgIpc) is 2.33. The van der Waals surface area contributed by atoms with E-state index in [1.54, 1.807) is 18.2 Å². The zero-order valence-corrected chi connectivity index (χ0v) is 8.26. The lowest BCUT2D eigenvalue weighted by molar-refractivity contribution is 0.0721. The molecule has 0 N–H and O–H groups in total. The average molecular weight is 217 g/mol. The first-order valence-corrected chi connectivity index (χ1v) is 4.65. The van der Waals surface area contributed by atoms with Crippen LogP contribution in [0.3, 0.4) is 0 Å². The topological polar surface area (TPSA) is 39.2 Å². The molecule has 0 bridgehead atoms. The number of nitrogens with zero attached hydrogens (tertiary/aromatic N) is 1. The highest BCUT2D eigenvalue weighted by Crippen LogP contribution is 2.16. The molecule has 80 valence electrons. The van der Waals surface area contributed by atoms with E-state index < -0.39 is 11.8 Å². The number of halogens is 1. The van der Waals surface area contributed by atoms with E-state index in [1.807, 2.05) is 0 Å². The predicted molar refractivity (Wildman–Crippen MR) is 55.6 cm³/mol. The number of aromatic nitrogens is 1. The first-order chi connectivity index (χ1) is 7.77. The third-order valence-corrected chi connectivity index (χ3v) is 1.91. The fourth-order valence-electron chi connectivity index (χ4n) is 1.16. The van der Waals surface area contributed by atoms with Gasteiger partial charge in [-0.05, 0) is 24.3 Å². The number of para-hydroxylation sites is 1. The highest BCUT2D eigenvalue weighted by atomic mass is 19.1. The maximum atomic E-state index is 13.2. The van der Waals surface area contributed by atoms with Crippen molar-refractivity contribution < 1.29 is 13.9 Å². The van der Waals surface area contributed by atoms with Crippen molar-refractivity contribution in [1.82, 2.24) is 4.98 Å². The summed E-state index contributed by atoms with van der Waals surface area (Å²) in [5.74, 6) is -1.35. The zero-order valence-electron chi connectivity index (χ0n) is 8.26. The van der Waals surface area contributed by atoms with Crippen molar-refractivity contribution >= 4 is 5.97 Å². The highest BCUT2D eigenvalue weighted by molar-refractivity contribution is 5.88. The van der Waals surface area contributed by atoms with Gasteiger partial charge in [0.05, 0.1) is 0 Å². The number of carbonyl (C=O) groups excluding carboxylic acids is 1. The van der Waals surface area contributed by atoms with Gasteiger partial charge in [0.15, 0.2) is 11.6 Å². The van der Waals surface area contributed by atoms with Gasteiger partial charge in [-0.1, -0.05) is 18.2 Å². The fraction of sp³-hybridized carbons (Fsp3) is 0. The molecule has 0 aliphatic rings. The summed E-state index contributed by atoms with van der Waals surface area (Å²) >= 11 is 0. The molecule has 2 aromatic rings. The largest absolute Gasteiger partial charge is 0.419 e. The minimum Gasteiger partial charge on any atom is -0.419 e. The van der Waals surface area contributed by atoms with E-state index in [1.165, 1.54) is 30.5 Å². The molecule has 4 heteroatoms. The molecule has 1 heterocycles. The predicted octanol–water partition coefficient (Wildman–Crippen LogP) is 2.44. The van der Waals surface area contributed by atoms with Gasteiger partial charge >= 0.3 is 5.97 Å². The van der Waals surface area contributed by atoms with E-state index in [4.69, 9.17) is 4.74 Å². The molecule has 1 aromatic carbocycles.